The summed E-state index contributed by atoms with van der Waals surface area (Å²) in [7, 11) is 1.80. The maximum absolute atomic E-state index is 12.7. The van der Waals surface area contributed by atoms with Crippen LogP contribution >= 0.6 is 0 Å². The van der Waals surface area contributed by atoms with Gasteiger partial charge in [0, 0.05) is 50.2 Å². The van der Waals surface area contributed by atoms with Gasteiger partial charge < -0.3 is 20.3 Å². The minimum Gasteiger partial charge on any atom is -0.378 e. The van der Waals surface area contributed by atoms with Crippen LogP contribution in [0.1, 0.15) is 66.2 Å². The second-order valence-corrected chi connectivity index (χ2v) is 9.28. The Balaban J connectivity index is 1.53. The molecule has 2 aliphatic carbocycles. The predicted octanol–water partition coefficient (Wildman–Crippen LogP) is 2.54. The van der Waals surface area contributed by atoms with Crippen LogP contribution < -0.4 is 10.6 Å². The number of guanidine groups is 1. The highest BCUT2D eigenvalue weighted by molar-refractivity contribution is 5.82. The largest absolute Gasteiger partial charge is 0.378 e. The molecule has 6 heteroatoms. The molecule has 3 aliphatic rings. The molecule has 154 valence electrons. The van der Waals surface area contributed by atoms with E-state index in [0.717, 1.165) is 51.3 Å². The predicted molar refractivity (Wildman–Crippen MR) is 109 cm³/mol. The number of ether oxygens (including phenoxy) is 1. The topological polar surface area (TPSA) is 66.0 Å². The van der Waals surface area contributed by atoms with Crippen molar-refractivity contribution in [2.45, 2.75) is 83.9 Å². The lowest BCUT2D eigenvalue weighted by molar-refractivity contribution is -0.176. The minimum absolute atomic E-state index is 0.0398. The fraction of sp³-hybridized carbons (Fsp3) is 0.905. The molecule has 1 amide bonds. The molecule has 0 aromatic heterocycles. The number of carbonyl (C=O) groups is 1. The summed E-state index contributed by atoms with van der Waals surface area (Å²) < 4.78 is 5.74. The van der Waals surface area contributed by atoms with Crippen molar-refractivity contribution < 1.29 is 9.53 Å². The van der Waals surface area contributed by atoms with Gasteiger partial charge in [-0.05, 0) is 39.5 Å². The molecule has 1 heterocycles. The second-order valence-electron chi connectivity index (χ2n) is 9.28. The first-order chi connectivity index (χ1) is 12.8. The summed E-state index contributed by atoms with van der Waals surface area (Å²) in [5.41, 5.74) is -0.0576. The van der Waals surface area contributed by atoms with Crippen molar-refractivity contribution in [3.63, 3.8) is 0 Å². The number of hydrogen-bond donors (Lipinski definition) is 2. The van der Waals surface area contributed by atoms with E-state index in [9.17, 15) is 4.79 Å². The van der Waals surface area contributed by atoms with Crippen LogP contribution in [0.15, 0.2) is 4.99 Å². The lowest BCUT2D eigenvalue weighted by Crippen LogP contribution is -2.69. The van der Waals surface area contributed by atoms with E-state index in [-0.39, 0.29) is 23.0 Å². The van der Waals surface area contributed by atoms with Crippen LogP contribution in [0.5, 0.6) is 0 Å². The van der Waals surface area contributed by atoms with E-state index in [1.54, 1.807) is 7.11 Å². The molecule has 27 heavy (non-hydrogen) atoms. The molecule has 1 aliphatic heterocycles. The van der Waals surface area contributed by atoms with Crippen molar-refractivity contribution in [3.8, 4) is 0 Å². The van der Waals surface area contributed by atoms with Crippen LogP contribution in [0.4, 0.5) is 0 Å². The Bertz CT molecular complexity index is 571. The fourth-order valence-electron chi connectivity index (χ4n) is 4.88. The highest BCUT2D eigenvalue weighted by Crippen LogP contribution is 2.51. The van der Waals surface area contributed by atoms with E-state index in [4.69, 9.17) is 4.74 Å². The highest BCUT2D eigenvalue weighted by Gasteiger charge is 2.58. The summed E-state index contributed by atoms with van der Waals surface area (Å²) in [6, 6.07) is 0.614. The molecule has 1 saturated heterocycles. The van der Waals surface area contributed by atoms with Gasteiger partial charge in [-0.3, -0.25) is 9.79 Å². The molecular weight excluding hydrogens is 340 g/mol. The van der Waals surface area contributed by atoms with E-state index in [2.05, 4.69) is 48.2 Å². The molecule has 0 aromatic rings. The Labute approximate surface area is 164 Å². The van der Waals surface area contributed by atoms with Gasteiger partial charge in [0.25, 0.3) is 0 Å². The van der Waals surface area contributed by atoms with E-state index >= 15 is 0 Å². The molecule has 3 rings (SSSR count). The zero-order valence-electron chi connectivity index (χ0n) is 17.8. The monoisotopic (exact) mass is 378 g/mol. The first kappa shape index (κ1) is 20.4. The third-order valence-electron chi connectivity index (χ3n) is 7.45. The number of nitrogens with zero attached hydrogens (tertiary/aromatic N) is 2. The second kappa shape index (κ2) is 7.98. The van der Waals surface area contributed by atoms with Crippen LogP contribution in [0.25, 0.3) is 0 Å². The molecule has 0 spiro atoms. The molecule has 3 fully saturated rings. The van der Waals surface area contributed by atoms with Gasteiger partial charge in [-0.1, -0.05) is 26.7 Å². The lowest BCUT2D eigenvalue weighted by atomic mass is 9.56. The van der Waals surface area contributed by atoms with Crippen molar-refractivity contribution in [2.24, 2.45) is 16.3 Å². The Morgan fingerprint density at radius 3 is 2.48 bits per heavy atom. The molecular formula is C21H38N4O2. The molecule has 2 saturated carbocycles. The quantitative estimate of drug-likeness (QED) is 0.570. The van der Waals surface area contributed by atoms with Crippen LogP contribution in [0, 0.1) is 11.3 Å². The average molecular weight is 379 g/mol. The summed E-state index contributed by atoms with van der Waals surface area (Å²) in [5.74, 6) is 1.51. The van der Waals surface area contributed by atoms with Crippen molar-refractivity contribution in [1.82, 2.24) is 15.5 Å². The maximum Gasteiger partial charge on any atom is 0.225 e. The number of likely N-dealkylation sites (tertiary alicyclic amines) is 1. The van der Waals surface area contributed by atoms with Crippen LogP contribution in [0.3, 0.4) is 0 Å². The summed E-state index contributed by atoms with van der Waals surface area (Å²) in [6.07, 6.45) is 6.53. The SMILES string of the molecule is CCN=C(NC1CCN(C(=O)C2CCCC2)C1)NC1CC(C)(OC)C1(C)C. The summed E-state index contributed by atoms with van der Waals surface area (Å²) in [4.78, 5) is 19.4. The normalized spacial score (nSPS) is 33.8. The number of nitrogens with one attached hydrogen (secondary N) is 2. The number of hydrogen-bond acceptors (Lipinski definition) is 3. The first-order valence-electron chi connectivity index (χ1n) is 10.7. The van der Waals surface area contributed by atoms with Gasteiger partial charge in [-0.25, -0.2) is 0 Å². The number of carbonyl (C=O) groups excluding carboxylic acids is 1. The van der Waals surface area contributed by atoms with Gasteiger partial charge in [-0.2, -0.15) is 0 Å². The van der Waals surface area contributed by atoms with Gasteiger partial charge in [0.15, 0.2) is 5.96 Å². The zero-order chi connectivity index (χ0) is 19.7. The smallest absolute Gasteiger partial charge is 0.225 e. The van der Waals surface area contributed by atoms with Gasteiger partial charge in [0.05, 0.1) is 5.60 Å². The molecule has 0 radical (unpaired) electrons. The van der Waals surface area contributed by atoms with Gasteiger partial charge in [0.2, 0.25) is 5.91 Å². The standard InChI is InChI=1S/C21H38N4O2/c1-6-22-19(24-17-13-21(4,27-5)20(17,2)3)23-16-11-12-25(14-16)18(26)15-9-7-8-10-15/h15-17H,6-14H2,1-5H3,(H2,22,23,24). The molecule has 0 bridgehead atoms. The van der Waals surface area contributed by atoms with E-state index in [1.807, 2.05) is 0 Å². The minimum atomic E-state index is -0.0974. The molecule has 3 unspecified atom stereocenters. The fourth-order valence-corrected chi connectivity index (χ4v) is 4.88. The van der Waals surface area contributed by atoms with Crippen LogP contribution in [-0.4, -0.2) is 61.2 Å². The number of amides is 1. The van der Waals surface area contributed by atoms with Crippen molar-refractivity contribution in [3.05, 3.63) is 0 Å². The van der Waals surface area contributed by atoms with E-state index in [1.165, 1.54) is 12.8 Å². The molecule has 6 nitrogen and oxygen atoms in total. The third kappa shape index (κ3) is 3.96. The van der Waals surface area contributed by atoms with Crippen molar-refractivity contribution in [1.29, 1.82) is 0 Å². The highest BCUT2D eigenvalue weighted by atomic mass is 16.5. The number of rotatable bonds is 5. The third-order valence-corrected chi connectivity index (χ3v) is 7.45. The Morgan fingerprint density at radius 2 is 1.89 bits per heavy atom. The average Bonchev–Trinajstić information content (AvgIpc) is 3.32. The van der Waals surface area contributed by atoms with Crippen LogP contribution in [0.2, 0.25) is 0 Å². The molecule has 2 N–H and O–H groups in total. The maximum atomic E-state index is 12.7. The Kier molecular flexibility index (Phi) is 6.04. The van der Waals surface area contributed by atoms with E-state index < -0.39 is 0 Å². The van der Waals surface area contributed by atoms with Gasteiger partial charge in [0.1, 0.15) is 0 Å². The van der Waals surface area contributed by atoms with Crippen LogP contribution in [-0.2, 0) is 9.53 Å². The zero-order valence-corrected chi connectivity index (χ0v) is 17.8. The number of methoxy groups -OCH3 is 1. The van der Waals surface area contributed by atoms with Crippen molar-refractivity contribution in [2.75, 3.05) is 26.7 Å². The Morgan fingerprint density at radius 1 is 1.19 bits per heavy atom. The lowest BCUT2D eigenvalue weighted by Gasteiger charge is -2.59. The first-order valence-corrected chi connectivity index (χ1v) is 10.7. The Hall–Kier alpha value is -1.30. The number of aliphatic imine (C=N–C) groups is 1. The molecule has 3 atom stereocenters. The van der Waals surface area contributed by atoms with Gasteiger partial charge in [-0.15, -0.1) is 0 Å². The van der Waals surface area contributed by atoms with Gasteiger partial charge >= 0.3 is 0 Å². The summed E-state index contributed by atoms with van der Waals surface area (Å²) in [6.45, 7) is 11.1. The summed E-state index contributed by atoms with van der Waals surface area (Å²) in [5, 5.41) is 7.19. The molecule has 0 aromatic carbocycles. The van der Waals surface area contributed by atoms with E-state index in [0.29, 0.717) is 11.9 Å². The summed E-state index contributed by atoms with van der Waals surface area (Å²) >= 11 is 0. The van der Waals surface area contributed by atoms with Crippen molar-refractivity contribution >= 4 is 11.9 Å².